The second-order valence-corrected chi connectivity index (χ2v) is 5.54. The van der Waals surface area contributed by atoms with Gasteiger partial charge < -0.3 is 0 Å². The van der Waals surface area contributed by atoms with Crippen LogP contribution in [0.25, 0.3) is 0 Å². The Bertz CT molecular complexity index is 635. The summed E-state index contributed by atoms with van der Waals surface area (Å²) in [5.74, 6) is 0. The Labute approximate surface area is 122 Å². The van der Waals surface area contributed by atoms with Gasteiger partial charge in [-0.25, -0.2) is 0 Å². The molecule has 0 saturated heterocycles. The van der Waals surface area contributed by atoms with Crippen molar-refractivity contribution in [1.82, 2.24) is 0 Å². The van der Waals surface area contributed by atoms with E-state index < -0.39 is 0 Å². The molecule has 1 nitrogen and oxygen atoms in total. The van der Waals surface area contributed by atoms with E-state index in [9.17, 15) is 0 Å². The van der Waals surface area contributed by atoms with E-state index in [1.54, 1.807) is 0 Å². The zero-order valence-electron chi connectivity index (χ0n) is 13.3. The van der Waals surface area contributed by atoms with Crippen molar-refractivity contribution >= 4 is 11.4 Å². The van der Waals surface area contributed by atoms with Crippen LogP contribution < -0.4 is 0 Å². The molecule has 2 aromatic carbocycles. The summed E-state index contributed by atoms with van der Waals surface area (Å²) in [4.78, 5) is 4.91. The van der Waals surface area contributed by atoms with Crippen LogP contribution in [0.15, 0.2) is 35.3 Å². The van der Waals surface area contributed by atoms with Crippen LogP contribution in [0.2, 0.25) is 0 Å². The van der Waals surface area contributed by atoms with Gasteiger partial charge in [0.1, 0.15) is 0 Å². The van der Waals surface area contributed by atoms with Gasteiger partial charge in [-0.15, -0.1) is 0 Å². The van der Waals surface area contributed by atoms with Crippen molar-refractivity contribution in [3.63, 3.8) is 0 Å². The first-order chi connectivity index (χ1) is 9.43. The average molecular weight is 265 g/mol. The molecular formula is C19H23N. The molecule has 0 aliphatic heterocycles. The smallest absolute Gasteiger partial charge is 0.0696 e. The molecule has 2 aromatic rings. The molecule has 0 amide bonds. The Morgan fingerprint density at radius 1 is 0.700 bits per heavy atom. The Morgan fingerprint density at radius 3 is 1.65 bits per heavy atom. The maximum absolute atomic E-state index is 4.91. The van der Waals surface area contributed by atoms with E-state index in [0.717, 1.165) is 11.4 Å². The van der Waals surface area contributed by atoms with Gasteiger partial charge in [0, 0.05) is 5.71 Å². The first-order valence-electron chi connectivity index (χ1n) is 7.11. The highest BCUT2D eigenvalue weighted by Crippen LogP contribution is 2.32. The zero-order valence-corrected chi connectivity index (χ0v) is 13.3. The highest BCUT2D eigenvalue weighted by atomic mass is 14.8. The third-order valence-corrected chi connectivity index (χ3v) is 4.43. The second kappa shape index (κ2) is 5.62. The fourth-order valence-corrected chi connectivity index (χ4v) is 2.56. The van der Waals surface area contributed by atoms with Gasteiger partial charge in [-0.2, -0.15) is 0 Å². The molecule has 0 spiro atoms. The lowest BCUT2D eigenvalue weighted by atomic mass is 9.93. The lowest BCUT2D eigenvalue weighted by Crippen LogP contribution is -1.99. The zero-order chi connectivity index (χ0) is 14.9. The maximum Gasteiger partial charge on any atom is 0.0696 e. The minimum atomic E-state index is 1.07. The highest BCUT2D eigenvalue weighted by Gasteiger charge is 2.12. The van der Waals surface area contributed by atoms with E-state index in [4.69, 9.17) is 4.99 Å². The normalized spacial score (nSPS) is 11.8. The van der Waals surface area contributed by atoms with Crippen molar-refractivity contribution in [2.75, 3.05) is 0 Å². The van der Waals surface area contributed by atoms with Crippen LogP contribution in [0.3, 0.4) is 0 Å². The molecule has 0 aliphatic rings. The summed E-state index contributed by atoms with van der Waals surface area (Å²) in [6.45, 7) is 13.0. The number of hydrogen-bond donors (Lipinski definition) is 0. The summed E-state index contributed by atoms with van der Waals surface area (Å²) >= 11 is 0. The molecule has 0 saturated carbocycles. The topological polar surface area (TPSA) is 12.4 Å². The molecule has 0 radical (unpaired) electrons. The number of aliphatic imine (C=N–C) groups is 1. The van der Waals surface area contributed by atoms with Crippen LogP contribution in [-0.2, 0) is 0 Å². The highest BCUT2D eigenvalue weighted by molar-refractivity contribution is 6.00. The van der Waals surface area contributed by atoms with Gasteiger partial charge in [0.2, 0.25) is 0 Å². The SMILES string of the molecule is CC(=Nc1c(C)c(C)c(C)c(C)c1C)c1ccccc1. The summed E-state index contributed by atoms with van der Waals surface area (Å²) in [5.41, 5.74) is 10.1. The van der Waals surface area contributed by atoms with E-state index in [1.807, 2.05) is 6.07 Å². The molecule has 0 fully saturated rings. The lowest BCUT2D eigenvalue weighted by Gasteiger charge is -2.16. The molecule has 0 heterocycles. The van der Waals surface area contributed by atoms with Crippen LogP contribution in [0.1, 0.15) is 40.3 Å². The van der Waals surface area contributed by atoms with Crippen molar-refractivity contribution < 1.29 is 0 Å². The van der Waals surface area contributed by atoms with Crippen LogP contribution in [0, 0.1) is 34.6 Å². The fourth-order valence-electron chi connectivity index (χ4n) is 2.56. The first kappa shape index (κ1) is 14.5. The Balaban J connectivity index is 2.60. The predicted octanol–water partition coefficient (Wildman–Crippen LogP) is 5.37. The number of rotatable bonds is 2. The predicted molar refractivity (Wildman–Crippen MR) is 88.4 cm³/mol. The van der Waals surface area contributed by atoms with Crippen LogP contribution in [0.5, 0.6) is 0 Å². The van der Waals surface area contributed by atoms with Crippen LogP contribution >= 0.6 is 0 Å². The monoisotopic (exact) mass is 265 g/mol. The molecule has 0 aromatic heterocycles. The van der Waals surface area contributed by atoms with Gasteiger partial charge in [0.05, 0.1) is 5.69 Å². The number of nitrogens with zero attached hydrogens (tertiary/aromatic N) is 1. The van der Waals surface area contributed by atoms with Gasteiger partial charge in [-0.3, -0.25) is 4.99 Å². The molecule has 0 N–H and O–H groups in total. The minimum Gasteiger partial charge on any atom is -0.253 e. The van der Waals surface area contributed by atoms with Gasteiger partial charge >= 0.3 is 0 Å². The van der Waals surface area contributed by atoms with Crippen molar-refractivity contribution in [3.05, 3.63) is 63.7 Å². The molecule has 1 heteroatoms. The molecule has 0 bridgehead atoms. The first-order valence-corrected chi connectivity index (χ1v) is 7.11. The number of hydrogen-bond acceptors (Lipinski definition) is 1. The molecule has 20 heavy (non-hydrogen) atoms. The molecule has 2 rings (SSSR count). The van der Waals surface area contributed by atoms with Gasteiger partial charge in [-0.05, 0) is 74.9 Å². The summed E-state index contributed by atoms with van der Waals surface area (Å²) in [6, 6.07) is 10.4. The lowest BCUT2D eigenvalue weighted by molar-refractivity contribution is 1.16. The second-order valence-electron chi connectivity index (χ2n) is 5.54. The summed E-state index contributed by atoms with van der Waals surface area (Å²) in [5, 5.41) is 0. The molecular weight excluding hydrogens is 242 g/mol. The third kappa shape index (κ3) is 2.53. The van der Waals surface area contributed by atoms with E-state index >= 15 is 0 Å². The number of benzene rings is 2. The quantitative estimate of drug-likeness (QED) is 0.647. The fraction of sp³-hybridized carbons (Fsp3) is 0.316. The van der Waals surface area contributed by atoms with Crippen LogP contribution in [-0.4, -0.2) is 5.71 Å². The van der Waals surface area contributed by atoms with Gasteiger partial charge in [-0.1, -0.05) is 30.3 Å². The Morgan fingerprint density at radius 2 is 1.15 bits per heavy atom. The van der Waals surface area contributed by atoms with Crippen molar-refractivity contribution in [3.8, 4) is 0 Å². The van der Waals surface area contributed by atoms with Crippen molar-refractivity contribution in [2.45, 2.75) is 41.5 Å². The van der Waals surface area contributed by atoms with E-state index in [0.29, 0.717) is 0 Å². The molecule has 104 valence electrons. The van der Waals surface area contributed by atoms with Gasteiger partial charge in [0.15, 0.2) is 0 Å². The van der Waals surface area contributed by atoms with Crippen molar-refractivity contribution in [1.29, 1.82) is 0 Å². The van der Waals surface area contributed by atoms with Crippen LogP contribution in [0.4, 0.5) is 5.69 Å². The standard InChI is InChI=1S/C19H23N/c1-12-13(2)15(4)19(16(5)14(12)3)20-17(6)18-10-8-7-9-11-18/h7-11H,1-6H3. The summed E-state index contributed by atoms with van der Waals surface area (Å²) < 4.78 is 0. The minimum absolute atomic E-state index is 1.07. The molecule has 0 aliphatic carbocycles. The summed E-state index contributed by atoms with van der Waals surface area (Å²) in [6.07, 6.45) is 0. The molecule has 0 atom stereocenters. The summed E-state index contributed by atoms with van der Waals surface area (Å²) in [7, 11) is 0. The van der Waals surface area contributed by atoms with E-state index in [-0.39, 0.29) is 0 Å². The third-order valence-electron chi connectivity index (χ3n) is 4.43. The van der Waals surface area contributed by atoms with Gasteiger partial charge in [0.25, 0.3) is 0 Å². The Kier molecular flexibility index (Phi) is 4.08. The Hall–Kier alpha value is -1.89. The van der Waals surface area contributed by atoms with Crippen molar-refractivity contribution in [2.24, 2.45) is 4.99 Å². The van der Waals surface area contributed by atoms with E-state index in [2.05, 4.69) is 65.8 Å². The molecule has 0 unspecified atom stereocenters. The average Bonchev–Trinajstić information content (AvgIpc) is 2.48. The maximum atomic E-state index is 4.91. The largest absolute Gasteiger partial charge is 0.253 e. The van der Waals surface area contributed by atoms with E-state index in [1.165, 1.54) is 33.4 Å².